The molecule has 1 aromatic carbocycles. The van der Waals surface area contributed by atoms with Gasteiger partial charge in [0.1, 0.15) is 0 Å². The first-order valence-electron chi connectivity index (χ1n) is 6.86. The van der Waals surface area contributed by atoms with Crippen molar-refractivity contribution in [3.63, 3.8) is 0 Å². The van der Waals surface area contributed by atoms with Crippen molar-refractivity contribution in [1.29, 1.82) is 0 Å². The molecule has 2 aliphatic rings. The Kier molecular flexibility index (Phi) is 3.04. The van der Waals surface area contributed by atoms with Crippen molar-refractivity contribution in [3.05, 3.63) is 29.8 Å². The molecular weight excluding hydrogens is 226 g/mol. The Hall–Kier alpha value is -1.06. The predicted octanol–water partition coefficient (Wildman–Crippen LogP) is 2.34. The molecule has 1 saturated heterocycles. The Morgan fingerprint density at radius 2 is 2.22 bits per heavy atom. The summed E-state index contributed by atoms with van der Waals surface area (Å²) in [6.07, 6.45) is 3.66. The fraction of sp³-hybridized carbons (Fsp3) is 0.600. The molecule has 0 amide bonds. The van der Waals surface area contributed by atoms with E-state index < -0.39 is 5.60 Å². The molecule has 2 heterocycles. The van der Waals surface area contributed by atoms with Gasteiger partial charge in [0.25, 0.3) is 0 Å². The molecule has 0 spiro atoms. The average molecular weight is 247 g/mol. The molecular formula is C15H21NO2. The normalized spacial score (nSPS) is 35.7. The number of para-hydroxylation sites is 1. The second-order valence-corrected chi connectivity index (χ2v) is 5.63. The van der Waals surface area contributed by atoms with Gasteiger partial charge in [-0.25, -0.2) is 0 Å². The number of anilines is 1. The van der Waals surface area contributed by atoms with Gasteiger partial charge < -0.3 is 15.2 Å². The molecule has 0 radical (unpaired) electrons. The number of rotatable bonds is 1. The lowest BCUT2D eigenvalue weighted by Crippen LogP contribution is -2.53. The molecule has 3 nitrogen and oxygen atoms in total. The number of fused-ring (bicyclic) bond motifs is 1. The van der Waals surface area contributed by atoms with Crippen LogP contribution < -0.4 is 5.32 Å². The maximum atomic E-state index is 10.8. The molecule has 1 fully saturated rings. The van der Waals surface area contributed by atoms with E-state index in [0.29, 0.717) is 6.61 Å². The molecule has 0 aromatic heterocycles. The van der Waals surface area contributed by atoms with Crippen LogP contribution in [0.1, 0.15) is 31.7 Å². The zero-order valence-corrected chi connectivity index (χ0v) is 10.9. The third-order valence-corrected chi connectivity index (χ3v) is 4.28. The molecule has 0 saturated carbocycles. The Morgan fingerprint density at radius 3 is 3.06 bits per heavy atom. The van der Waals surface area contributed by atoms with Crippen LogP contribution in [-0.4, -0.2) is 29.5 Å². The van der Waals surface area contributed by atoms with Gasteiger partial charge in [-0.15, -0.1) is 0 Å². The van der Waals surface area contributed by atoms with Crippen molar-refractivity contribution in [2.45, 2.75) is 50.4 Å². The van der Waals surface area contributed by atoms with Gasteiger partial charge in [0.05, 0.1) is 17.7 Å². The molecule has 3 heteroatoms. The van der Waals surface area contributed by atoms with Gasteiger partial charge in [0, 0.05) is 25.1 Å². The van der Waals surface area contributed by atoms with Crippen molar-refractivity contribution in [1.82, 2.24) is 0 Å². The van der Waals surface area contributed by atoms with Crippen LogP contribution in [0.25, 0.3) is 0 Å². The zero-order chi connectivity index (χ0) is 12.6. The van der Waals surface area contributed by atoms with Crippen molar-refractivity contribution in [2.24, 2.45) is 0 Å². The smallest absolute Gasteiger partial charge is 0.0894 e. The highest BCUT2D eigenvalue weighted by Crippen LogP contribution is 2.35. The topological polar surface area (TPSA) is 41.5 Å². The van der Waals surface area contributed by atoms with Gasteiger partial charge in [-0.3, -0.25) is 0 Å². The summed E-state index contributed by atoms with van der Waals surface area (Å²) >= 11 is 0. The monoisotopic (exact) mass is 247 g/mol. The van der Waals surface area contributed by atoms with E-state index in [2.05, 4.69) is 23.5 Å². The highest BCUT2D eigenvalue weighted by molar-refractivity contribution is 5.54. The minimum absolute atomic E-state index is 0.152. The number of hydrogen-bond donors (Lipinski definition) is 2. The zero-order valence-electron chi connectivity index (χ0n) is 10.9. The summed E-state index contributed by atoms with van der Waals surface area (Å²) < 4.78 is 5.55. The molecule has 0 bridgehead atoms. The maximum absolute atomic E-state index is 10.8. The summed E-state index contributed by atoms with van der Waals surface area (Å²) in [4.78, 5) is 0. The number of aliphatic hydroxyl groups is 1. The fourth-order valence-corrected chi connectivity index (χ4v) is 3.25. The van der Waals surface area contributed by atoms with Crippen molar-refractivity contribution < 1.29 is 9.84 Å². The second kappa shape index (κ2) is 4.56. The highest BCUT2D eigenvalue weighted by Gasteiger charge is 2.41. The largest absolute Gasteiger partial charge is 0.388 e. The Morgan fingerprint density at radius 1 is 1.39 bits per heavy atom. The lowest BCUT2D eigenvalue weighted by molar-refractivity contribution is -0.107. The first-order valence-corrected chi connectivity index (χ1v) is 6.86. The van der Waals surface area contributed by atoms with Crippen LogP contribution in [-0.2, 0) is 11.2 Å². The van der Waals surface area contributed by atoms with E-state index in [1.807, 2.05) is 13.0 Å². The van der Waals surface area contributed by atoms with Gasteiger partial charge in [-0.2, -0.15) is 0 Å². The average Bonchev–Trinajstić information content (AvgIpc) is 2.38. The summed E-state index contributed by atoms with van der Waals surface area (Å²) in [6.45, 7) is 2.71. The van der Waals surface area contributed by atoms with E-state index >= 15 is 0 Å². The SMILES string of the molecule is CC1CC(O)(C2CCc3ccccc3N2)CCO1. The molecule has 98 valence electrons. The van der Waals surface area contributed by atoms with Gasteiger partial charge in [0.15, 0.2) is 0 Å². The van der Waals surface area contributed by atoms with Crippen molar-refractivity contribution in [2.75, 3.05) is 11.9 Å². The lowest BCUT2D eigenvalue weighted by atomic mass is 9.79. The van der Waals surface area contributed by atoms with E-state index in [0.717, 1.165) is 25.7 Å². The Balaban J connectivity index is 1.79. The molecule has 3 atom stereocenters. The summed E-state index contributed by atoms with van der Waals surface area (Å²) in [5.74, 6) is 0. The van der Waals surface area contributed by atoms with Crippen LogP contribution >= 0.6 is 0 Å². The van der Waals surface area contributed by atoms with E-state index in [-0.39, 0.29) is 12.1 Å². The quantitative estimate of drug-likeness (QED) is 0.800. The standard InChI is InChI=1S/C15H21NO2/c1-11-10-15(17,8-9-18-11)14-7-6-12-4-2-3-5-13(12)16-14/h2-5,11,14,16-17H,6-10H2,1H3. The number of nitrogens with one attached hydrogen (secondary N) is 1. The van der Waals surface area contributed by atoms with E-state index in [1.54, 1.807) is 0 Å². The maximum Gasteiger partial charge on any atom is 0.0894 e. The third kappa shape index (κ3) is 2.13. The number of hydrogen-bond acceptors (Lipinski definition) is 3. The van der Waals surface area contributed by atoms with Crippen LogP contribution in [0.15, 0.2) is 24.3 Å². The Bertz CT molecular complexity index is 434. The fourth-order valence-electron chi connectivity index (χ4n) is 3.25. The lowest BCUT2D eigenvalue weighted by Gasteiger charge is -2.44. The molecule has 3 unspecified atom stereocenters. The number of benzene rings is 1. The third-order valence-electron chi connectivity index (χ3n) is 4.28. The van der Waals surface area contributed by atoms with Crippen molar-refractivity contribution in [3.8, 4) is 0 Å². The van der Waals surface area contributed by atoms with Crippen molar-refractivity contribution >= 4 is 5.69 Å². The molecule has 1 aromatic rings. The minimum Gasteiger partial charge on any atom is -0.388 e. The van der Waals surface area contributed by atoms with Crippen LogP contribution in [0.4, 0.5) is 5.69 Å². The Labute approximate surface area is 108 Å². The van der Waals surface area contributed by atoms with E-state index in [4.69, 9.17) is 4.74 Å². The van der Waals surface area contributed by atoms with E-state index in [9.17, 15) is 5.11 Å². The molecule has 2 aliphatic heterocycles. The molecule has 0 aliphatic carbocycles. The molecule has 18 heavy (non-hydrogen) atoms. The van der Waals surface area contributed by atoms with Crippen LogP contribution in [0.2, 0.25) is 0 Å². The minimum atomic E-state index is -0.620. The highest BCUT2D eigenvalue weighted by atomic mass is 16.5. The van der Waals surface area contributed by atoms with Gasteiger partial charge in [0.2, 0.25) is 0 Å². The predicted molar refractivity (Wildman–Crippen MR) is 71.8 cm³/mol. The molecule has 2 N–H and O–H groups in total. The van der Waals surface area contributed by atoms with Gasteiger partial charge in [-0.1, -0.05) is 18.2 Å². The van der Waals surface area contributed by atoms with Crippen LogP contribution in [0, 0.1) is 0 Å². The summed E-state index contributed by atoms with van der Waals surface area (Å²) in [7, 11) is 0. The molecule has 3 rings (SSSR count). The summed E-state index contributed by atoms with van der Waals surface area (Å²) in [5.41, 5.74) is 1.92. The number of aryl methyl sites for hydroxylation is 1. The first kappa shape index (κ1) is 12.0. The number of ether oxygens (including phenoxy) is 1. The van der Waals surface area contributed by atoms with Gasteiger partial charge >= 0.3 is 0 Å². The second-order valence-electron chi connectivity index (χ2n) is 5.63. The van der Waals surface area contributed by atoms with Gasteiger partial charge in [-0.05, 0) is 31.4 Å². The van der Waals surface area contributed by atoms with E-state index in [1.165, 1.54) is 11.3 Å². The first-order chi connectivity index (χ1) is 8.67. The van der Waals surface area contributed by atoms with Crippen LogP contribution in [0.3, 0.4) is 0 Å². The van der Waals surface area contributed by atoms with Crippen LogP contribution in [0.5, 0.6) is 0 Å². The summed E-state index contributed by atoms with van der Waals surface area (Å²) in [6, 6.07) is 8.54. The summed E-state index contributed by atoms with van der Waals surface area (Å²) in [5, 5.41) is 14.4.